The van der Waals surface area contributed by atoms with Crippen molar-refractivity contribution in [2.45, 2.75) is 4.90 Å². The molecule has 2 rings (SSSR count). The van der Waals surface area contributed by atoms with Crippen LogP contribution in [0.2, 0.25) is 0 Å². The van der Waals surface area contributed by atoms with E-state index in [2.05, 4.69) is 54.2 Å². The fourth-order valence-electron chi connectivity index (χ4n) is 1.78. The van der Waals surface area contributed by atoms with Crippen molar-refractivity contribution in [3.63, 3.8) is 0 Å². The lowest BCUT2D eigenvalue weighted by Gasteiger charge is -2.13. The van der Waals surface area contributed by atoms with Gasteiger partial charge in [0.25, 0.3) is 0 Å². The molecule has 0 spiro atoms. The zero-order chi connectivity index (χ0) is 13.7. The summed E-state index contributed by atoms with van der Waals surface area (Å²) >= 11 is 1.78. The number of nitrogens with one attached hydrogen (secondary N) is 1. The summed E-state index contributed by atoms with van der Waals surface area (Å²) in [4.78, 5) is 3.49. The standard InChI is InChI=1S/C16H18N2S/c1-13(8-6-7-11-17-2)12-16-18(3)14-9-4-5-10-15(14)19-16/h4-12,17H,1H2,2-3H3/b8-6-,11-7-,16-12-. The maximum atomic E-state index is 4.06. The zero-order valence-corrected chi connectivity index (χ0v) is 12.1. The summed E-state index contributed by atoms with van der Waals surface area (Å²) in [6, 6.07) is 8.42. The van der Waals surface area contributed by atoms with Gasteiger partial charge in [-0.3, -0.25) is 0 Å². The second-order valence-corrected chi connectivity index (χ2v) is 5.26. The highest BCUT2D eigenvalue weighted by atomic mass is 32.2. The van der Waals surface area contributed by atoms with Crippen LogP contribution < -0.4 is 10.2 Å². The molecule has 0 amide bonds. The highest BCUT2D eigenvalue weighted by Crippen LogP contribution is 2.44. The lowest BCUT2D eigenvalue weighted by atomic mass is 10.2. The predicted molar refractivity (Wildman–Crippen MR) is 85.3 cm³/mol. The summed E-state index contributed by atoms with van der Waals surface area (Å²) in [6.45, 7) is 4.06. The Kier molecular flexibility index (Phi) is 4.53. The van der Waals surface area contributed by atoms with E-state index in [-0.39, 0.29) is 0 Å². The van der Waals surface area contributed by atoms with Crippen molar-refractivity contribution in [3.05, 3.63) is 72.0 Å². The molecule has 0 unspecified atom stereocenters. The molecule has 19 heavy (non-hydrogen) atoms. The third-order valence-electron chi connectivity index (χ3n) is 2.76. The first-order valence-corrected chi connectivity index (χ1v) is 6.95. The summed E-state index contributed by atoms with van der Waals surface area (Å²) in [7, 11) is 3.96. The number of thioether (sulfide) groups is 1. The third-order valence-corrected chi connectivity index (χ3v) is 3.93. The molecule has 1 heterocycles. The molecule has 3 heteroatoms. The van der Waals surface area contributed by atoms with Gasteiger partial charge in [-0.2, -0.15) is 0 Å². The Hall–Kier alpha value is -1.87. The largest absolute Gasteiger partial charge is 0.394 e. The van der Waals surface area contributed by atoms with E-state index >= 15 is 0 Å². The van der Waals surface area contributed by atoms with E-state index in [1.165, 1.54) is 15.6 Å². The molecule has 0 saturated carbocycles. The zero-order valence-electron chi connectivity index (χ0n) is 11.3. The number of fused-ring (bicyclic) bond motifs is 1. The first kappa shape index (κ1) is 13.6. The molecule has 1 aliphatic heterocycles. The van der Waals surface area contributed by atoms with Crippen molar-refractivity contribution < 1.29 is 0 Å². The summed E-state index contributed by atoms with van der Waals surface area (Å²) < 4.78 is 0. The van der Waals surface area contributed by atoms with E-state index in [1.54, 1.807) is 11.8 Å². The molecule has 1 aromatic rings. The van der Waals surface area contributed by atoms with Crippen molar-refractivity contribution in [1.82, 2.24) is 5.32 Å². The number of rotatable bonds is 4. The number of nitrogens with zero attached hydrogens (tertiary/aromatic N) is 1. The van der Waals surface area contributed by atoms with E-state index in [4.69, 9.17) is 0 Å². The Bertz CT molecular complexity index is 556. The van der Waals surface area contributed by atoms with Crippen molar-refractivity contribution in [3.8, 4) is 0 Å². The van der Waals surface area contributed by atoms with Crippen molar-refractivity contribution in [1.29, 1.82) is 0 Å². The van der Waals surface area contributed by atoms with Crippen LogP contribution in [0, 0.1) is 0 Å². The molecule has 0 aliphatic carbocycles. The molecule has 0 saturated heterocycles. The molecule has 0 aromatic heterocycles. The van der Waals surface area contributed by atoms with Gasteiger partial charge in [-0.15, -0.1) is 0 Å². The smallest absolute Gasteiger partial charge is 0.0804 e. The van der Waals surface area contributed by atoms with Crippen LogP contribution in [0.5, 0.6) is 0 Å². The van der Waals surface area contributed by atoms with Gasteiger partial charge >= 0.3 is 0 Å². The average Bonchev–Trinajstić information content (AvgIpc) is 2.72. The number of anilines is 1. The van der Waals surface area contributed by atoms with Gasteiger partial charge in [0.15, 0.2) is 0 Å². The first-order chi connectivity index (χ1) is 9.22. The lowest BCUT2D eigenvalue weighted by molar-refractivity contribution is 1.10. The molecule has 98 valence electrons. The molecular formula is C16H18N2S. The maximum absolute atomic E-state index is 4.06. The number of para-hydroxylation sites is 1. The summed E-state index contributed by atoms with van der Waals surface area (Å²) in [5.41, 5.74) is 2.24. The summed E-state index contributed by atoms with van der Waals surface area (Å²) in [6.07, 6.45) is 9.91. The molecule has 0 atom stereocenters. The van der Waals surface area contributed by atoms with Gasteiger partial charge in [0.05, 0.1) is 10.7 Å². The second kappa shape index (κ2) is 6.34. The van der Waals surface area contributed by atoms with Crippen LogP contribution in [0.1, 0.15) is 0 Å². The Morgan fingerprint density at radius 3 is 2.84 bits per heavy atom. The van der Waals surface area contributed by atoms with Gasteiger partial charge in [-0.1, -0.05) is 42.6 Å². The molecule has 1 aromatic carbocycles. The van der Waals surface area contributed by atoms with Gasteiger partial charge in [0, 0.05) is 19.0 Å². The van der Waals surface area contributed by atoms with Crippen LogP contribution in [-0.2, 0) is 0 Å². The van der Waals surface area contributed by atoms with Crippen LogP contribution >= 0.6 is 11.8 Å². The second-order valence-electron chi connectivity index (χ2n) is 4.19. The number of allylic oxidation sites excluding steroid dienone is 5. The van der Waals surface area contributed by atoms with E-state index < -0.39 is 0 Å². The van der Waals surface area contributed by atoms with E-state index in [1.807, 2.05) is 31.5 Å². The van der Waals surface area contributed by atoms with Crippen LogP contribution in [-0.4, -0.2) is 14.1 Å². The van der Waals surface area contributed by atoms with Crippen molar-refractivity contribution in [2.75, 3.05) is 19.0 Å². The van der Waals surface area contributed by atoms with Crippen molar-refractivity contribution in [2.24, 2.45) is 0 Å². The first-order valence-electron chi connectivity index (χ1n) is 6.14. The van der Waals surface area contributed by atoms with Gasteiger partial charge in [-0.25, -0.2) is 0 Å². The Labute approximate surface area is 119 Å². The number of hydrogen-bond donors (Lipinski definition) is 1. The van der Waals surface area contributed by atoms with E-state index in [0.29, 0.717) is 0 Å². The molecule has 1 aliphatic rings. The molecule has 0 radical (unpaired) electrons. The lowest BCUT2D eigenvalue weighted by Crippen LogP contribution is -2.09. The third kappa shape index (κ3) is 3.32. The average molecular weight is 270 g/mol. The number of hydrogen-bond acceptors (Lipinski definition) is 3. The van der Waals surface area contributed by atoms with Crippen molar-refractivity contribution >= 4 is 17.4 Å². The highest BCUT2D eigenvalue weighted by molar-refractivity contribution is 8.03. The van der Waals surface area contributed by atoms with Crippen LogP contribution in [0.4, 0.5) is 5.69 Å². The highest BCUT2D eigenvalue weighted by Gasteiger charge is 2.20. The molecular weight excluding hydrogens is 252 g/mol. The summed E-state index contributed by atoms with van der Waals surface area (Å²) in [5.74, 6) is 0. The van der Waals surface area contributed by atoms with Gasteiger partial charge in [-0.05, 0) is 36.1 Å². The quantitative estimate of drug-likeness (QED) is 0.835. The minimum atomic E-state index is 0.989. The molecule has 0 bridgehead atoms. The Morgan fingerprint density at radius 2 is 2.11 bits per heavy atom. The Morgan fingerprint density at radius 1 is 1.32 bits per heavy atom. The van der Waals surface area contributed by atoms with Crippen LogP contribution in [0.15, 0.2) is 76.8 Å². The monoisotopic (exact) mass is 270 g/mol. The maximum Gasteiger partial charge on any atom is 0.0804 e. The van der Waals surface area contributed by atoms with Gasteiger partial charge in [0.2, 0.25) is 0 Å². The van der Waals surface area contributed by atoms with Gasteiger partial charge in [0.1, 0.15) is 0 Å². The normalized spacial score (nSPS) is 16.5. The fourth-order valence-corrected chi connectivity index (χ4v) is 2.91. The van der Waals surface area contributed by atoms with Crippen LogP contribution in [0.25, 0.3) is 0 Å². The minimum absolute atomic E-state index is 0.989. The van der Waals surface area contributed by atoms with E-state index in [0.717, 1.165) is 5.57 Å². The molecule has 2 nitrogen and oxygen atoms in total. The predicted octanol–water partition coefficient (Wildman–Crippen LogP) is 3.92. The fraction of sp³-hybridized carbons (Fsp3) is 0.125. The SMILES string of the molecule is C=C(/C=C\C=C/NC)/C=C1\Sc2ccccc2N1C. The Balaban J connectivity index is 2.08. The summed E-state index contributed by atoms with van der Waals surface area (Å²) in [5, 5.41) is 4.15. The molecule has 0 fully saturated rings. The topological polar surface area (TPSA) is 15.3 Å². The van der Waals surface area contributed by atoms with Crippen LogP contribution in [0.3, 0.4) is 0 Å². The minimum Gasteiger partial charge on any atom is -0.394 e. The van der Waals surface area contributed by atoms with Gasteiger partial charge < -0.3 is 10.2 Å². The number of benzene rings is 1. The molecule has 1 N–H and O–H groups in total. The van der Waals surface area contributed by atoms with E-state index in [9.17, 15) is 0 Å².